The van der Waals surface area contributed by atoms with Gasteiger partial charge in [0.2, 0.25) is 10.0 Å². The van der Waals surface area contributed by atoms with Gasteiger partial charge in [-0.3, -0.25) is 0 Å². The predicted molar refractivity (Wildman–Crippen MR) is 75.9 cm³/mol. The van der Waals surface area contributed by atoms with Crippen LogP contribution in [0, 0.1) is 11.8 Å². The lowest BCUT2D eigenvalue weighted by atomic mass is 10.1. The van der Waals surface area contributed by atoms with Gasteiger partial charge in [0.25, 0.3) is 0 Å². The topological polar surface area (TPSA) is 66.4 Å². The second-order valence-corrected chi connectivity index (χ2v) is 6.00. The number of hydrogen-bond donors (Lipinski definition) is 2. The molecule has 1 rings (SSSR count). The minimum absolute atomic E-state index is 0.0261. The summed E-state index contributed by atoms with van der Waals surface area (Å²) in [6.07, 6.45) is 1.00. The molecule has 1 aromatic carbocycles. The number of sulfonamides is 1. The molecule has 1 aromatic rings. The van der Waals surface area contributed by atoms with Crippen LogP contribution in [0.3, 0.4) is 0 Å². The zero-order valence-electron chi connectivity index (χ0n) is 11.0. The van der Waals surface area contributed by atoms with E-state index in [2.05, 4.69) is 16.6 Å². The minimum Gasteiger partial charge on any atom is -0.395 e. The van der Waals surface area contributed by atoms with Crippen LogP contribution in [-0.2, 0) is 16.6 Å². The maximum absolute atomic E-state index is 11.6. The van der Waals surface area contributed by atoms with Crippen molar-refractivity contribution in [2.24, 2.45) is 0 Å². The minimum atomic E-state index is -3.21. The third-order valence-electron chi connectivity index (χ3n) is 2.43. The van der Waals surface area contributed by atoms with Crippen molar-refractivity contribution < 1.29 is 13.5 Å². The van der Waals surface area contributed by atoms with E-state index in [-0.39, 0.29) is 18.9 Å². The van der Waals surface area contributed by atoms with Gasteiger partial charge >= 0.3 is 0 Å². The summed E-state index contributed by atoms with van der Waals surface area (Å²) in [5.41, 5.74) is 1.63. The van der Waals surface area contributed by atoms with Crippen LogP contribution in [-0.4, -0.2) is 25.9 Å². The van der Waals surface area contributed by atoms with Gasteiger partial charge in [-0.2, -0.15) is 0 Å². The Labute approximate surface area is 114 Å². The number of rotatable bonds is 6. The van der Waals surface area contributed by atoms with E-state index in [0.717, 1.165) is 11.1 Å². The van der Waals surface area contributed by atoms with Crippen molar-refractivity contribution in [3.63, 3.8) is 0 Å². The van der Waals surface area contributed by atoms with E-state index in [9.17, 15) is 8.42 Å². The third-order valence-corrected chi connectivity index (χ3v) is 3.96. The lowest BCUT2D eigenvalue weighted by Crippen LogP contribution is -2.25. The van der Waals surface area contributed by atoms with Gasteiger partial charge < -0.3 is 5.11 Å². The summed E-state index contributed by atoms with van der Waals surface area (Å²) >= 11 is 0. The van der Waals surface area contributed by atoms with E-state index in [1.807, 2.05) is 31.2 Å². The average molecular weight is 281 g/mol. The molecule has 19 heavy (non-hydrogen) atoms. The van der Waals surface area contributed by atoms with E-state index >= 15 is 0 Å². The van der Waals surface area contributed by atoms with E-state index in [4.69, 9.17) is 5.11 Å². The van der Waals surface area contributed by atoms with Crippen LogP contribution in [0.1, 0.15) is 30.9 Å². The summed E-state index contributed by atoms with van der Waals surface area (Å²) in [5, 5.41) is 8.69. The van der Waals surface area contributed by atoms with Crippen LogP contribution in [0.25, 0.3) is 0 Å². The Morgan fingerprint density at radius 3 is 2.74 bits per heavy atom. The van der Waals surface area contributed by atoms with Crippen molar-refractivity contribution in [2.45, 2.75) is 26.3 Å². The Bertz CT molecular complexity index is 556. The van der Waals surface area contributed by atoms with E-state index in [0.29, 0.717) is 12.8 Å². The molecule has 0 amide bonds. The van der Waals surface area contributed by atoms with Gasteiger partial charge in [0.1, 0.15) is 0 Å². The molecule has 4 nitrogen and oxygen atoms in total. The molecule has 104 valence electrons. The monoisotopic (exact) mass is 281 g/mol. The largest absolute Gasteiger partial charge is 0.395 e. The van der Waals surface area contributed by atoms with Gasteiger partial charge in [-0.15, -0.1) is 0 Å². The van der Waals surface area contributed by atoms with Gasteiger partial charge in [-0.1, -0.05) is 37.0 Å². The number of aliphatic hydroxyl groups is 1. The standard InChI is InChI=1S/C14H19NO3S/c1-2-11-19(17,18)15-12-14-9-4-3-7-13(14)8-5-6-10-16/h3-4,7,9,15-16H,2,6,10-12H2,1H3. The van der Waals surface area contributed by atoms with Crippen molar-refractivity contribution in [1.82, 2.24) is 4.72 Å². The lowest BCUT2D eigenvalue weighted by molar-refractivity contribution is 0.305. The van der Waals surface area contributed by atoms with Crippen molar-refractivity contribution in [3.05, 3.63) is 35.4 Å². The van der Waals surface area contributed by atoms with Gasteiger partial charge in [0.15, 0.2) is 0 Å². The molecule has 0 bridgehead atoms. The smallest absolute Gasteiger partial charge is 0.211 e. The van der Waals surface area contributed by atoms with Crippen molar-refractivity contribution in [1.29, 1.82) is 0 Å². The van der Waals surface area contributed by atoms with Gasteiger partial charge in [0, 0.05) is 18.5 Å². The molecule has 0 spiro atoms. The highest BCUT2D eigenvalue weighted by Gasteiger charge is 2.09. The highest BCUT2D eigenvalue weighted by atomic mass is 32.2. The summed E-state index contributed by atoms with van der Waals surface area (Å²) < 4.78 is 25.8. The van der Waals surface area contributed by atoms with E-state index < -0.39 is 10.0 Å². The molecule has 0 aromatic heterocycles. The Morgan fingerprint density at radius 2 is 2.05 bits per heavy atom. The summed E-state index contributed by atoms with van der Waals surface area (Å²) in [6.45, 7) is 2.10. The van der Waals surface area contributed by atoms with Crippen molar-refractivity contribution >= 4 is 10.0 Å². The highest BCUT2D eigenvalue weighted by molar-refractivity contribution is 7.89. The number of benzene rings is 1. The molecule has 2 N–H and O–H groups in total. The fourth-order valence-corrected chi connectivity index (χ4v) is 2.60. The van der Waals surface area contributed by atoms with Crippen LogP contribution < -0.4 is 4.72 Å². The fourth-order valence-electron chi connectivity index (χ4n) is 1.54. The Balaban J connectivity index is 2.77. The first-order chi connectivity index (χ1) is 9.09. The molecule has 0 unspecified atom stereocenters. The summed E-state index contributed by atoms with van der Waals surface area (Å²) in [5.74, 6) is 5.90. The lowest BCUT2D eigenvalue weighted by Gasteiger charge is -2.07. The molecule has 0 fully saturated rings. The molecule has 0 saturated carbocycles. The molecule has 0 aliphatic carbocycles. The molecule has 0 aliphatic rings. The molecule has 0 aliphatic heterocycles. The number of hydrogen-bond acceptors (Lipinski definition) is 3. The molecular formula is C14H19NO3S. The first-order valence-corrected chi connectivity index (χ1v) is 7.89. The van der Waals surface area contributed by atoms with Gasteiger partial charge in [0.05, 0.1) is 12.4 Å². The predicted octanol–water partition coefficient (Wildman–Crippen LogP) is 1.25. The Hall–Kier alpha value is -1.35. The SMILES string of the molecule is CCCS(=O)(=O)NCc1ccccc1C#CCCO. The van der Waals surface area contributed by atoms with Crippen LogP contribution in [0.15, 0.2) is 24.3 Å². The first-order valence-electron chi connectivity index (χ1n) is 6.24. The Kier molecular flexibility index (Phi) is 6.57. The zero-order valence-corrected chi connectivity index (χ0v) is 11.8. The van der Waals surface area contributed by atoms with Gasteiger partial charge in [-0.25, -0.2) is 13.1 Å². The van der Waals surface area contributed by atoms with Crippen molar-refractivity contribution in [2.75, 3.05) is 12.4 Å². The molecule has 0 saturated heterocycles. The fraction of sp³-hybridized carbons (Fsp3) is 0.429. The van der Waals surface area contributed by atoms with E-state index in [1.165, 1.54) is 0 Å². The number of aliphatic hydroxyl groups excluding tert-OH is 1. The van der Waals surface area contributed by atoms with Gasteiger partial charge in [-0.05, 0) is 18.1 Å². The normalized spacial score (nSPS) is 10.8. The summed E-state index contributed by atoms with van der Waals surface area (Å²) in [7, 11) is -3.21. The third kappa shape index (κ3) is 5.88. The molecule has 0 heterocycles. The van der Waals surface area contributed by atoms with E-state index in [1.54, 1.807) is 0 Å². The molecular weight excluding hydrogens is 262 g/mol. The quantitative estimate of drug-likeness (QED) is 0.771. The maximum Gasteiger partial charge on any atom is 0.211 e. The van der Waals surface area contributed by atoms with Crippen LogP contribution in [0.2, 0.25) is 0 Å². The maximum atomic E-state index is 11.6. The zero-order chi connectivity index (χ0) is 14.1. The molecule has 0 radical (unpaired) electrons. The summed E-state index contributed by atoms with van der Waals surface area (Å²) in [4.78, 5) is 0. The number of nitrogens with one attached hydrogen (secondary N) is 1. The average Bonchev–Trinajstić information content (AvgIpc) is 2.38. The Morgan fingerprint density at radius 1 is 1.32 bits per heavy atom. The summed E-state index contributed by atoms with van der Waals surface area (Å²) in [6, 6.07) is 7.39. The molecule has 5 heteroatoms. The van der Waals surface area contributed by atoms with Crippen molar-refractivity contribution in [3.8, 4) is 11.8 Å². The highest BCUT2D eigenvalue weighted by Crippen LogP contribution is 2.07. The van der Waals surface area contributed by atoms with Crippen LogP contribution in [0.4, 0.5) is 0 Å². The van der Waals surface area contributed by atoms with Crippen LogP contribution in [0.5, 0.6) is 0 Å². The molecule has 0 atom stereocenters. The second-order valence-electron chi connectivity index (χ2n) is 4.07. The first kappa shape index (κ1) is 15.7. The second kappa shape index (κ2) is 7.95. The van der Waals surface area contributed by atoms with Crippen LogP contribution >= 0.6 is 0 Å².